The van der Waals surface area contributed by atoms with Crippen molar-refractivity contribution in [3.05, 3.63) is 58.6 Å². The fourth-order valence-corrected chi connectivity index (χ4v) is 3.67. The lowest BCUT2D eigenvalue weighted by Crippen LogP contribution is -2.38. The van der Waals surface area contributed by atoms with Crippen LogP contribution in [0.1, 0.15) is 12.5 Å². The molecule has 0 aliphatic carbocycles. The number of anilines is 2. The van der Waals surface area contributed by atoms with Gasteiger partial charge < -0.3 is 19.9 Å². The molecule has 1 heterocycles. The van der Waals surface area contributed by atoms with Crippen LogP contribution < -0.4 is 10.2 Å². The van der Waals surface area contributed by atoms with Gasteiger partial charge in [-0.15, -0.1) is 0 Å². The molecular weight excluding hydrogens is 434 g/mol. The van der Waals surface area contributed by atoms with E-state index in [1.807, 2.05) is 55.5 Å². The van der Waals surface area contributed by atoms with Crippen LogP contribution in [0, 0.1) is 0 Å². The number of hydrogen-bond acceptors (Lipinski definition) is 4. The lowest BCUT2D eigenvalue weighted by Gasteiger charge is -2.29. The summed E-state index contributed by atoms with van der Waals surface area (Å²) in [6, 6.07) is 15.4. The average molecular weight is 460 g/mol. The fourth-order valence-electron chi connectivity index (χ4n) is 3.24. The summed E-state index contributed by atoms with van der Waals surface area (Å²) >= 11 is 3.46. The van der Waals surface area contributed by atoms with Crippen molar-refractivity contribution in [2.24, 2.45) is 0 Å². The number of amides is 2. The van der Waals surface area contributed by atoms with E-state index in [4.69, 9.17) is 4.74 Å². The van der Waals surface area contributed by atoms with Crippen LogP contribution in [-0.4, -0.2) is 56.1 Å². The number of nitrogens with one attached hydrogen (secondary N) is 1. The van der Waals surface area contributed by atoms with Crippen LogP contribution in [0.5, 0.6) is 0 Å². The predicted molar refractivity (Wildman–Crippen MR) is 118 cm³/mol. The van der Waals surface area contributed by atoms with E-state index in [2.05, 4.69) is 26.1 Å². The Kier molecular flexibility index (Phi) is 7.66. The van der Waals surface area contributed by atoms with E-state index >= 15 is 0 Å². The Morgan fingerprint density at radius 3 is 2.45 bits per heavy atom. The topological polar surface area (TPSA) is 61.9 Å². The van der Waals surface area contributed by atoms with Crippen molar-refractivity contribution in [1.82, 2.24) is 4.90 Å². The van der Waals surface area contributed by atoms with Gasteiger partial charge in [0.2, 0.25) is 11.8 Å². The summed E-state index contributed by atoms with van der Waals surface area (Å²) in [5.74, 6) is -0.274. The Balaban J connectivity index is 1.54. The first-order chi connectivity index (χ1) is 14.1. The van der Waals surface area contributed by atoms with Crippen LogP contribution in [0.25, 0.3) is 0 Å². The highest BCUT2D eigenvalue weighted by Gasteiger charge is 2.17. The van der Waals surface area contributed by atoms with Crippen molar-refractivity contribution in [3.63, 3.8) is 0 Å². The quantitative estimate of drug-likeness (QED) is 0.689. The largest absolute Gasteiger partial charge is 0.378 e. The van der Waals surface area contributed by atoms with Crippen molar-refractivity contribution in [3.8, 4) is 0 Å². The van der Waals surface area contributed by atoms with Crippen LogP contribution >= 0.6 is 15.9 Å². The van der Waals surface area contributed by atoms with Crippen molar-refractivity contribution in [2.45, 2.75) is 13.3 Å². The second-order valence-electron chi connectivity index (χ2n) is 6.87. The van der Waals surface area contributed by atoms with Crippen LogP contribution in [0.2, 0.25) is 0 Å². The molecule has 2 aromatic carbocycles. The first-order valence-corrected chi connectivity index (χ1v) is 10.6. The fraction of sp³-hybridized carbons (Fsp3) is 0.364. The zero-order valence-electron chi connectivity index (χ0n) is 16.6. The molecule has 2 aromatic rings. The molecule has 29 heavy (non-hydrogen) atoms. The molecule has 0 aromatic heterocycles. The summed E-state index contributed by atoms with van der Waals surface area (Å²) in [4.78, 5) is 28.9. The number of ether oxygens (including phenoxy) is 1. The van der Waals surface area contributed by atoms with Gasteiger partial charge in [0.1, 0.15) is 0 Å². The number of morpholine rings is 1. The third-order valence-electron chi connectivity index (χ3n) is 4.90. The minimum Gasteiger partial charge on any atom is -0.378 e. The SMILES string of the molecule is CCN(CC(=O)Nc1ccc(N2CCOCC2)cc1)C(=O)Cc1ccccc1Br. The zero-order chi connectivity index (χ0) is 20.6. The highest BCUT2D eigenvalue weighted by molar-refractivity contribution is 9.10. The highest BCUT2D eigenvalue weighted by atomic mass is 79.9. The number of carbonyl (C=O) groups is 2. The van der Waals surface area contributed by atoms with Crippen LogP contribution in [-0.2, 0) is 20.7 Å². The maximum Gasteiger partial charge on any atom is 0.243 e. The van der Waals surface area contributed by atoms with E-state index in [0.717, 1.165) is 47.7 Å². The Bertz CT molecular complexity index is 835. The Morgan fingerprint density at radius 2 is 1.79 bits per heavy atom. The molecule has 1 aliphatic rings. The van der Waals surface area contributed by atoms with Gasteiger partial charge in [-0.05, 0) is 42.8 Å². The molecule has 154 valence electrons. The summed E-state index contributed by atoms with van der Waals surface area (Å²) in [6.45, 7) is 5.60. The molecular formula is C22H26BrN3O3. The van der Waals surface area contributed by atoms with Crippen molar-refractivity contribution >= 4 is 39.1 Å². The van der Waals surface area contributed by atoms with Gasteiger partial charge in [-0.1, -0.05) is 34.1 Å². The molecule has 1 fully saturated rings. The number of halogens is 1. The van der Waals surface area contributed by atoms with Gasteiger partial charge >= 0.3 is 0 Å². The summed E-state index contributed by atoms with van der Waals surface area (Å²) in [7, 11) is 0. The Labute approximate surface area is 180 Å². The van der Waals surface area contributed by atoms with Crippen LogP contribution in [0.4, 0.5) is 11.4 Å². The van der Waals surface area contributed by atoms with Gasteiger partial charge in [0, 0.05) is 35.5 Å². The normalized spacial score (nSPS) is 13.8. The van der Waals surface area contributed by atoms with E-state index in [-0.39, 0.29) is 24.8 Å². The minimum absolute atomic E-state index is 0.0327. The average Bonchev–Trinajstić information content (AvgIpc) is 2.74. The predicted octanol–water partition coefficient (Wildman–Crippen LogP) is 3.32. The van der Waals surface area contributed by atoms with Crippen LogP contribution in [0.3, 0.4) is 0 Å². The number of likely N-dealkylation sites (N-methyl/N-ethyl adjacent to an activating group) is 1. The van der Waals surface area contributed by atoms with Crippen LogP contribution in [0.15, 0.2) is 53.0 Å². The standard InChI is InChI=1S/C22H26BrN3O3/c1-2-25(22(28)15-17-5-3-4-6-20(17)23)16-21(27)24-18-7-9-19(10-8-18)26-11-13-29-14-12-26/h3-10H,2,11-16H2,1H3,(H,24,27). The zero-order valence-corrected chi connectivity index (χ0v) is 18.2. The third kappa shape index (κ3) is 6.05. The number of hydrogen-bond donors (Lipinski definition) is 1. The van der Waals surface area contributed by atoms with Gasteiger partial charge in [-0.25, -0.2) is 0 Å². The Hall–Kier alpha value is -2.38. The molecule has 3 rings (SSSR count). The molecule has 1 saturated heterocycles. The van der Waals surface area contributed by atoms with Crippen molar-refractivity contribution in [2.75, 3.05) is 49.6 Å². The van der Waals surface area contributed by atoms with E-state index in [1.54, 1.807) is 4.90 Å². The highest BCUT2D eigenvalue weighted by Crippen LogP contribution is 2.19. The summed E-state index contributed by atoms with van der Waals surface area (Å²) < 4.78 is 6.27. The molecule has 7 heteroatoms. The molecule has 2 amide bonds. The summed E-state index contributed by atoms with van der Waals surface area (Å²) in [5, 5.41) is 2.88. The van der Waals surface area contributed by atoms with Crippen molar-refractivity contribution in [1.29, 1.82) is 0 Å². The molecule has 1 N–H and O–H groups in total. The van der Waals surface area contributed by atoms with E-state index in [0.29, 0.717) is 6.54 Å². The molecule has 0 radical (unpaired) electrons. The number of carbonyl (C=O) groups excluding carboxylic acids is 2. The molecule has 0 atom stereocenters. The van der Waals surface area contributed by atoms with E-state index in [9.17, 15) is 9.59 Å². The monoisotopic (exact) mass is 459 g/mol. The maximum atomic E-state index is 12.6. The molecule has 6 nitrogen and oxygen atoms in total. The molecule has 0 spiro atoms. The van der Waals surface area contributed by atoms with Gasteiger partial charge in [0.05, 0.1) is 26.2 Å². The number of nitrogens with zero attached hydrogens (tertiary/aromatic N) is 2. The lowest BCUT2D eigenvalue weighted by atomic mass is 10.1. The summed E-state index contributed by atoms with van der Waals surface area (Å²) in [6.07, 6.45) is 0.261. The Morgan fingerprint density at radius 1 is 1.10 bits per heavy atom. The van der Waals surface area contributed by atoms with Gasteiger partial charge in [0.15, 0.2) is 0 Å². The smallest absolute Gasteiger partial charge is 0.243 e. The molecule has 0 saturated carbocycles. The van der Waals surface area contributed by atoms with Gasteiger partial charge in [-0.2, -0.15) is 0 Å². The molecule has 0 bridgehead atoms. The second kappa shape index (κ2) is 10.4. The number of rotatable bonds is 7. The second-order valence-corrected chi connectivity index (χ2v) is 7.72. The van der Waals surface area contributed by atoms with E-state index < -0.39 is 0 Å². The maximum absolute atomic E-state index is 12.6. The van der Waals surface area contributed by atoms with Gasteiger partial charge in [0.25, 0.3) is 0 Å². The van der Waals surface area contributed by atoms with E-state index in [1.165, 1.54) is 0 Å². The first kappa shape index (κ1) is 21.3. The third-order valence-corrected chi connectivity index (χ3v) is 5.67. The summed E-state index contributed by atoms with van der Waals surface area (Å²) in [5.41, 5.74) is 2.75. The first-order valence-electron chi connectivity index (χ1n) is 9.80. The lowest BCUT2D eigenvalue weighted by molar-refractivity contribution is -0.133. The number of benzene rings is 2. The molecule has 1 aliphatic heterocycles. The van der Waals surface area contributed by atoms with Crippen molar-refractivity contribution < 1.29 is 14.3 Å². The molecule has 0 unspecified atom stereocenters. The van der Waals surface area contributed by atoms with Gasteiger partial charge in [-0.3, -0.25) is 9.59 Å². The minimum atomic E-state index is -0.202.